The summed E-state index contributed by atoms with van der Waals surface area (Å²) in [5.74, 6) is -0.999. The maximum absolute atomic E-state index is 15.0. The van der Waals surface area contributed by atoms with Crippen LogP contribution in [0.15, 0.2) is 40.1 Å². The van der Waals surface area contributed by atoms with E-state index in [1.54, 1.807) is 17.0 Å². The van der Waals surface area contributed by atoms with Crippen molar-refractivity contribution in [1.29, 1.82) is 0 Å². The average Bonchev–Trinajstić information content (AvgIpc) is 2.99. The van der Waals surface area contributed by atoms with Crippen LogP contribution in [-0.2, 0) is 16.1 Å². The lowest BCUT2D eigenvalue weighted by Crippen LogP contribution is -2.45. The zero-order chi connectivity index (χ0) is 23.5. The summed E-state index contributed by atoms with van der Waals surface area (Å²) in [5.41, 5.74) is 2.39. The van der Waals surface area contributed by atoms with E-state index in [1.165, 1.54) is 32.8 Å². The molecule has 12 nitrogen and oxygen atoms in total. The molecule has 13 heteroatoms. The minimum absolute atomic E-state index is 0.0439. The Morgan fingerprint density at radius 1 is 1.18 bits per heavy atom. The smallest absolute Gasteiger partial charge is 0.414 e. The van der Waals surface area contributed by atoms with E-state index >= 15 is 0 Å². The normalized spacial score (nSPS) is 18.9. The fourth-order valence-electron chi connectivity index (χ4n) is 3.83. The first-order valence-electron chi connectivity index (χ1n) is 10.3. The molecule has 0 spiro atoms. The van der Waals surface area contributed by atoms with Gasteiger partial charge in [-0.1, -0.05) is 0 Å². The molecule has 1 aromatic carbocycles. The van der Waals surface area contributed by atoms with Crippen molar-refractivity contribution in [2.24, 2.45) is 0 Å². The summed E-state index contributed by atoms with van der Waals surface area (Å²) in [7, 11) is 0. The molecule has 2 aliphatic rings. The number of nitrogens with zero attached hydrogens (tertiary/aromatic N) is 4. The number of amides is 2. The molecular formula is C20H23FN6O6. The Labute approximate surface area is 186 Å². The van der Waals surface area contributed by atoms with Crippen LogP contribution >= 0.6 is 0 Å². The van der Waals surface area contributed by atoms with Crippen molar-refractivity contribution in [3.8, 4) is 0 Å². The Morgan fingerprint density at radius 3 is 2.73 bits per heavy atom. The highest BCUT2D eigenvalue weighted by molar-refractivity contribution is 5.90. The molecule has 3 N–H and O–H groups in total. The molecule has 1 aromatic heterocycles. The van der Waals surface area contributed by atoms with Gasteiger partial charge in [0.25, 0.3) is 11.5 Å². The van der Waals surface area contributed by atoms with Crippen molar-refractivity contribution >= 4 is 23.4 Å². The van der Waals surface area contributed by atoms with Crippen LogP contribution in [0.25, 0.3) is 0 Å². The summed E-state index contributed by atoms with van der Waals surface area (Å²) in [6.07, 6.45) is -0.00504. The van der Waals surface area contributed by atoms with E-state index < -0.39 is 41.8 Å². The monoisotopic (exact) mass is 462 g/mol. The molecule has 4 rings (SSSR count). The van der Waals surface area contributed by atoms with Crippen LogP contribution in [0.5, 0.6) is 0 Å². The second-order valence-corrected chi connectivity index (χ2v) is 7.61. The molecular weight excluding hydrogens is 439 g/mol. The highest BCUT2D eigenvalue weighted by Crippen LogP contribution is 2.28. The largest absolute Gasteiger partial charge is 0.442 e. The topological polar surface area (TPSA) is 140 Å². The highest BCUT2D eigenvalue weighted by atomic mass is 19.1. The maximum atomic E-state index is 15.0. The van der Waals surface area contributed by atoms with Crippen LogP contribution in [0.1, 0.15) is 0 Å². The molecule has 0 bridgehead atoms. The van der Waals surface area contributed by atoms with Crippen LogP contribution in [-0.4, -0.2) is 77.1 Å². The van der Waals surface area contributed by atoms with Crippen molar-refractivity contribution < 1.29 is 23.8 Å². The Morgan fingerprint density at radius 2 is 2.00 bits per heavy atom. The van der Waals surface area contributed by atoms with Crippen molar-refractivity contribution in [1.82, 2.24) is 20.0 Å². The van der Waals surface area contributed by atoms with E-state index in [0.717, 1.165) is 0 Å². The van der Waals surface area contributed by atoms with Gasteiger partial charge < -0.3 is 14.7 Å². The molecule has 0 aliphatic carbocycles. The zero-order valence-electron chi connectivity index (χ0n) is 17.6. The number of anilines is 2. The maximum Gasteiger partial charge on any atom is 0.414 e. The van der Waals surface area contributed by atoms with E-state index in [-0.39, 0.29) is 19.6 Å². The van der Waals surface area contributed by atoms with Gasteiger partial charge in [0.1, 0.15) is 18.5 Å². The van der Waals surface area contributed by atoms with Gasteiger partial charge in [-0.15, -0.1) is 0 Å². The molecule has 2 aliphatic heterocycles. The fourth-order valence-corrected chi connectivity index (χ4v) is 3.83. The van der Waals surface area contributed by atoms with Gasteiger partial charge in [0.05, 0.1) is 31.0 Å². The zero-order valence-corrected chi connectivity index (χ0v) is 17.6. The van der Waals surface area contributed by atoms with E-state index in [1.807, 2.05) is 0 Å². The number of aliphatic hydroxyl groups is 1. The number of hydrazine groups is 1. The second-order valence-electron chi connectivity index (χ2n) is 7.61. The quantitative estimate of drug-likeness (QED) is 0.506. The fraction of sp³-hybridized carbons (Fsp3) is 0.400. The standard InChI is InChI=1S/C20H23FN6O6/c21-15-9-13(1-2-16(15)24-6-4-22-27(8-7-24)18(30)12-28)26-11-14(33-20(26)32)10-25-5-3-17(29)23-19(25)31/h1-3,5,9,14,22,28H,4,6-8,10-12H2,(H,23,29,31)/t14-/m0/s1. The molecule has 0 radical (unpaired) electrons. The summed E-state index contributed by atoms with van der Waals surface area (Å²) in [5, 5.41) is 10.3. The number of rotatable bonds is 5. The van der Waals surface area contributed by atoms with E-state index in [2.05, 4.69) is 10.4 Å². The number of benzene rings is 1. The van der Waals surface area contributed by atoms with Gasteiger partial charge in [0, 0.05) is 31.9 Å². The van der Waals surface area contributed by atoms with E-state index in [0.29, 0.717) is 31.0 Å². The van der Waals surface area contributed by atoms with Gasteiger partial charge in [0.15, 0.2) is 0 Å². The summed E-state index contributed by atoms with van der Waals surface area (Å²) >= 11 is 0. The molecule has 3 heterocycles. The third-order valence-electron chi connectivity index (χ3n) is 5.47. The predicted molar refractivity (Wildman–Crippen MR) is 114 cm³/mol. The molecule has 176 valence electrons. The molecule has 2 fully saturated rings. The first kappa shape index (κ1) is 22.5. The van der Waals surface area contributed by atoms with Gasteiger partial charge >= 0.3 is 11.8 Å². The van der Waals surface area contributed by atoms with Gasteiger partial charge in [-0.2, -0.15) is 0 Å². The summed E-state index contributed by atoms with van der Waals surface area (Å²) in [4.78, 5) is 52.2. The van der Waals surface area contributed by atoms with Crippen molar-refractivity contribution in [2.75, 3.05) is 49.1 Å². The van der Waals surface area contributed by atoms with Crippen molar-refractivity contribution in [3.05, 3.63) is 57.1 Å². The van der Waals surface area contributed by atoms with Gasteiger partial charge in [-0.3, -0.25) is 29.0 Å². The number of hydrogen-bond acceptors (Lipinski definition) is 8. The van der Waals surface area contributed by atoms with Crippen LogP contribution in [0.4, 0.5) is 20.6 Å². The number of ether oxygens (including phenoxy) is 1. The lowest BCUT2D eigenvalue weighted by atomic mass is 10.2. The van der Waals surface area contributed by atoms with Gasteiger partial charge in [0.2, 0.25) is 0 Å². The number of halogens is 1. The van der Waals surface area contributed by atoms with Crippen LogP contribution < -0.4 is 26.5 Å². The number of aliphatic hydroxyl groups excluding tert-OH is 1. The number of nitrogens with one attached hydrogen (secondary N) is 2. The molecule has 33 heavy (non-hydrogen) atoms. The lowest BCUT2D eigenvalue weighted by Gasteiger charge is -2.24. The van der Waals surface area contributed by atoms with E-state index in [4.69, 9.17) is 9.84 Å². The number of aromatic nitrogens is 2. The number of aromatic amines is 1. The molecule has 2 aromatic rings. The van der Waals surface area contributed by atoms with Crippen molar-refractivity contribution in [3.63, 3.8) is 0 Å². The first-order chi connectivity index (χ1) is 15.9. The highest BCUT2D eigenvalue weighted by Gasteiger charge is 2.33. The minimum Gasteiger partial charge on any atom is -0.442 e. The Bertz CT molecular complexity index is 1170. The summed E-state index contributed by atoms with van der Waals surface area (Å²) in [6.45, 7) is 0.989. The Hall–Kier alpha value is -3.71. The Balaban J connectivity index is 1.44. The second kappa shape index (κ2) is 9.42. The first-order valence-corrected chi connectivity index (χ1v) is 10.3. The summed E-state index contributed by atoms with van der Waals surface area (Å²) < 4.78 is 21.5. The lowest BCUT2D eigenvalue weighted by molar-refractivity contribution is -0.136. The average molecular weight is 462 g/mol. The third-order valence-corrected chi connectivity index (χ3v) is 5.47. The molecule has 2 saturated heterocycles. The summed E-state index contributed by atoms with van der Waals surface area (Å²) in [6, 6.07) is 5.59. The number of carbonyl (C=O) groups excluding carboxylic acids is 2. The number of carbonyl (C=O) groups is 2. The Kier molecular flexibility index (Phi) is 6.42. The number of cyclic esters (lactones) is 1. The van der Waals surface area contributed by atoms with Crippen LogP contribution in [0.2, 0.25) is 0 Å². The van der Waals surface area contributed by atoms with E-state index in [9.17, 15) is 23.6 Å². The molecule has 0 unspecified atom stereocenters. The molecule has 2 amide bonds. The van der Waals surface area contributed by atoms with Crippen LogP contribution in [0.3, 0.4) is 0 Å². The SMILES string of the molecule is O=C(CO)N1CCN(c2ccc(N3C[C@H](Cn4ccc(=O)[nH]c4=O)OC3=O)cc2F)CCN1. The third kappa shape index (κ3) is 4.88. The van der Waals surface area contributed by atoms with Crippen LogP contribution in [0, 0.1) is 5.82 Å². The van der Waals surface area contributed by atoms with Gasteiger partial charge in [-0.25, -0.2) is 19.4 Å². The predicted octanol–water partition coefficient (Wildman–Crippen LogP) is -1.15. The van der Waals surface area contributed by atoms with Crippen molar-refractivity contribution in [2.45, 2.75) is 12.6 Å². The molecule has 0 saturated carbocycles. The number of H-pyrrole nitrogens is 1. The van der Waals surface area contributed by atoms with Gasteiger partial charge in [-0.05, 0) is 18.2 Å². The molecule has 1 atom stereocenters. The minimum atomic E-state index is -0.665. The number of hydrogen-bond donors (Lipinski definition) is 3.